The Bertz CT molecular complexity index is 340. The average molecular weight is 176 g/mol. The Hall–Kier alpha value is -1.57. The molecule has 4 heteroatoms. The number of nitrogen functional groups attached to an aromatic ring is 1. The number of nitriles is 1. The zero-order valence-electron chi connectivity index (χ0n) is 7.20. The standard InChI is InChI=1S/C9H12N4/c10-4-6-3-7(12)1-2-8(6)9(13)5-11/h1-3,9H,5,11-13H2. The monoisotopic (exact) mass is 176 g/mol. The van der Waals surface area contributed by atoms with Gasteiger partial charge in [-0.25, -0.2) is 0 Å². The van der Waals surface area contributed by atoms with E-state index in [0.717, 1.165) is 5.56 Å². The first-order valence-electron chi connectivity index (χ1n) is 3.94. The van der Waals surface area contributed by atoms with Gasteiger partial charge in [0, 0.05) is 18.3 Å². The first-order valence-corrected chi connectivity index (χ1v) is 3.94. The summed E-state index contributed by atoms with van der Waals surface area (Å²) < 4.78 is 0. The molecule has 0 radical (unpaired) electrons. The molecule has 0 heterocycles. The molecule has 68 valence electrons. The predicted octanol–water partition coefficient (Wildman–Crippen LogP) is 0.0990. The molecule has 0 aromatic heterocycles. The van der Waals surface area contributed by atoms with Crippen LogP contribution in [0.5, 0.6) is 0 Å². The minimum absolute atomic E-state index is 0.296. The third kappa shape index (κ3) is 1.96. The second-order valence-corrected chi connectivity index (χ2v) is 2.80. The normalized spacial score (nSPS) is 12.1. The van der Waals surface area contributed by atoms with Gasteiger partial charge in [0.15, 0.2) is 0 Å². The summed E-state index contributed by atoms with van der Waals surface area (Å²) in [6.07, 6.45) is 0. The fraction of sp³-hybridized carbons (Fsp3) is 0.222. The van der Waals surface area contributed by atoms with Crippen LogP contribution in [0.15, 0.2) is 18.2 Å². The van der Waals surface area contributed by atoms with E-state index in [1.807, 2.05) is 6.07 Å². The molecule has 13 heavy (non-hydrogen) atoms. The van der Waals surface area contributed by atoms with Gasteiger partial charge in [0.25, 0.3) is 0 Å². The molecule has 6 N–H and O–H groups in total. The third-order valence-electron chi connectivity index (χ3n) is 1.85. The van der Waals surface area contributed by atoms with Crippen LogP contribution in [-0.2, 0) is 0 Å². The number of rotatable bonds is 2. The minimum atomic E-state index is -0.296. The molecule has 0 bridgehead atoms. The highest BCUT2D eigenvalue weighted by atomic mass is 14.7. The van der Waals surface area contributed by atoms with Gasteiger partial charge in [-0.1, -0.05) is 6.07 Å². The summed E-state index contributed by atoms with van der Waals surface area (Å²) in [5.41, 5.74) is 18.4. The molecule has 1 atom stereocenters. The van der Waals surface area contributed by atoms with Crippen molar-refractivity contribution >= 4 is 5.69 Å². The molecule has 1 aromatic rings. The molecule has 4 nitrogen and oxygen atoms in total. The number of anilines is 1. The highest BCUT2D eigenvalue weighted by molar-refractivity contribution is 5.50. The van der Waals surface area contributed by atoms with Crippen molar-refractivity contribution in [3.05, 3.63) is 29.3 Å². The van der Waals surface area contributed by atoms with E-state index in [1.54, 1.807) is 18.2 Å². The fourth-order valence-corrected chi connectivity index (χ4v) is 1.12. The van der Waals surface area contributed by atoms with Crippen molar-refractivity contribution < 1.29 is 0 Å². The Morgan fingerprint density at radius 3 is 2.69 bits per heavy atom. The van der Waals surface area contributed by atoms with E-state index in [9.17, 15) is 0 Å². The molecule has 0 aliphatic heterocycles. The van der Waals surface area contributed by atoms with Crippen molar-refractivity contribution in [2.45, 2.75) is 6.04 Å². The van der Waals surface area contributed by atoms with Gasteiger partial charge in [-0.3, -0.25) is 0 Å². The lowest BCUT2D eigenvalue weighted by molar-refractivity contribution is 0.735. The molecule has 1 unspecified atom stereocenters. The summed E-state index contributed by atoms with van der Waals surface area (Å²) in [6, 6.07) is 6.80. The highest BCUT2D eigenvalue weighted by Crippen LogP contribution is 2.17. The van der Waals surface area contributed by atoms with Crippen LogP contribution in [0.25, 0.3) is 0 Å². The molecule has 0 aliphatic rings. The quantitative estimate of drug-likeness (QED) is 0.556. The van der Waals surface area contributed by atoms with Gasteiger partial charge in [-0.15, -0.1) is 0 Å². The van der Waals surface area contributed by atoms with Crippen molar-refractivity contribution in [1.29, 1.82) is 5.26 Å². The van der Waals surface area contributed by atoms with Crippen LogP contribution in [0.4, 0.5) is 5.69 Å². The molecule has 0 amide bonds. The molecule has 0 spiro atoms. The van der Waals surface area contributed by atoms with Gasteiger partial charge in [0.05, 0.1) is 11.6 Å². The van der Waals surface area contributed by atoms with Crippen LogP contribution in [0.1, 0.15) is 17.2 Å². The van der Waals surface area contributed by atoms with Crippen molar-refractivity contribution in [3.8, 4) is 6.07 Å². The van der Waals surface area contributed by atoms with Crippen molar-refractivity contribution in [2.24, 2.45) is 11.5 Å². The molecule has 0 saturated heterocycles. The zero-order valence-corrected chi connectivity index (χ0v) is 7.20. The second-order valence-electron chi connectivity index (χ2n) is 2.80. The third-order valence-corrected chi connectivity index (χ3v) is 1.85. The largest absolute Gasteiger partial charge is 0.399 e. The number of nitrogens with zero attached hydrogens (tertiary/aromatic N) is 1. The molecular formula is C9H12N4. The van der Waals surface area contributed by atoms with Crippen molar-refractivity contribution in [3.63, 3.8) is 0 Å². The van der Waals surface area contributed by atoms with Crippen LogP contribution in [-0.4, -0.2) is 6.54 Å². The average Bonchev–Trinajstić information content (AvgIpc) is 2.16. The van der Waals surface area contributed by atoms with Crippen molar-refractivity contribution in [1.82, 2.24) is 0 Å². The molecule has 0 aliphatic carbocycles. The van der Waals surface area contributed by atoms with Crippen LogP contribution < -0.4 is 17.2 Å². The number of benzene rings is 1. The van der Waals surface area contributed by atoms with E-state index >= 15 is 0 Å². The van der Waals surface area contributed by atoms with E-state index in [2.05, 4.69) is 0 Å². The zero-order chi connectivity index (χ0) is 9.84. The SMILES string of the molecule is N#Cc1cc(N)ccc1C(N)CN. The van der Waals surface area contributed by atoms with E-state index in [0.29, 0.717) is 17.8 Å². The van der Waals surface area contributed by atoms with Gasteiger partial charge < -0.3 is 17.2 Å². The molecule has 0 saturated carbocycles. The minimum Gasteiger partial charge on any atom is -0.399 e. The lowest BCUT2D eigenvalue weighted by atomic mass is 10.0. The summed E-state index contributed by atoms with van der Waals surface area (Å²) >= 11 is 0. The Balaban J connectivity index is 3.15. The number of nitrogens with two attached hydrogens (primary N) is 3. The lowest BCUT2D eigenvalue weighted by Crippen LogP contribution is -2.21. The maximum Gasteiger partial charge on any atom is 0.0995 e. The van der Waals surface area contributed by atoms with E-state index in [1.165, 1.54) is 0 Å². The molecular weight excluding hydrogens is 164 g/mol. The van der Waals surface area contributed by atoms with Gasteiger partial charge in [-0.2, -0.15) is 5.26 Å². The maximum absolute atomic E-state index is 8.79. The second kappa shape index (κ2) is 3.90. The highest BCUT2D eigenvalue weighted by Gasteiger charge is 2.08. The Morgan fingerprint density at radius 1 is 1.46 bits per heavy atom. The number of hydrogen-bond acceptors (Lipinski definition) is 4. The van der Waals surface area contributed by atoms with Crippen LogP contribution >= 0.6 is 0 Å². The number of hydrogen-bond donors (Lipinski definition) is 3. The maximum atomic E-state index is 8.79. The Kier molecular flexibility index (Phi) is 2.85. The van der Waals surface area contributed by atoms with E-state index in [4.69, 9.17) is 22.5 Å². The summed E-state index contributed by atoms with van der Waals surface area (Å²) in [5.74, 6) is 0. The molecule has 1 aromatic carbocycles. The van der Waals surface area contributed by atoms with Crippen LogP contribution in [0.3, 0.4) is 0 Å². The van der Waals surface area contributed by atoms with Crippen molar-refractivity contribution in [2.75, 3.05) is 12.3 Å². The summed E-state index contributed by atoms with van der Waals surface area (Å²) in [5, 5.41) is 8.79. The van der Waals surface area contributed by atoms with Gasteiger partial charge in [0.1, 0.15) is 0 Å². The fourth-order valence-electron chi connectivity index (χ4n) is 1.12. The summed E-state index contributed by atoms with van der Waals surface area (Å²) in [7, 11) is 0. The first-order chi connectivity index (χ1) is 6.19. The summed E-state index contributed by atoms with van der Waals surface area (Å²) in [4.78, 5) is 0. The Labute approximate surface area is 76.9 Å². The van der Waals surface area contributed by atoms with Crippen LogP contribution in [0.2, 0.25) is 0 Å². The first kappa shape index (κ1) is 9.52. The Morgan fingerprint density at radius 2 is 2.15 bits per heavy atom. The van der Waals surface area contributed by atoms with Gasteiger partial charge >= 0.3 is 0 Å². The topological polar surface area (TPSA) is 102 Å². The van der Waals surface area contributed by atoms with Crippen LogP contribution in [0, 0.1) is 11.3 Å². The van der Waals surface area contributed by atoms with Gasteiger partial charge in [0.2, 0.25) is 0 Å². The summed E-state index contributed by atoms with van der Waals surface area (Å²) in [6.45, 7) is 0.318. The lowest BCUT2D eigenvalue weighted by Gasteiger charge is -2.10. The molecule has 0 fully saturated rings. The molecule has 1 rings (SSSR count). The predicted molar refractivity (Wildman–Crippen MR) is 51.6 cm³/mol. The van der Waals surface area contributed by atoms with E-state index < -0.39 is 0 Å². The van der Waals surface area contributed by atoms with E-state index in [-0.39, 0.29) is 6.04 Å². The smallest absolute Gasteiger partial charge is 0.0995 e. The van der Waals surface area contributed by atoms with Gasteiger partial charge in [-0.05, 0) is 17.7 Å².